The SMILES string of the molecule is CC(C)CNCc1cccn1CC(=O)NCCC#N. The Hall–Kier alpha value is -1.80. The average molecular weight is 262 g/mol. The van der Waals surface area contributed by atoms with Gasteiger partial charge in [0.25, 0.3) is 0 Å². The van der Waals surface area contributed by atoms with Gasteiger partial charge >= 0.3 is 0 Å². The van der Waals surface area contributed by atoms with Crippen molar-refractivity contribution in [1.29, 1.82) is 5.26 Å². The minimum absolute atomic E-state index is 0.0587. The van der Waals surface area contributed by atoms with E-state index in [1.807, 2.05) is 29.0 Å². The van der Waals surface area contributed by atoms with Crippen molar-refractivity contribution in [2.75, 3.05) is 13.1 Å². The molecule has 0 spiro atoms. The van der Waals surface area contributed by atoms with Gasteiger partial charge in [0.15, 0.2) is 0 Å². The molecular weight excluding hydrogens is 240 g/mol. The third kappa shape index (κ3) is 6.07. The van der Waals surface area contributed by atoms with Crippen LogP contribution in [0.3, 0.4) is 0 Å². The summed E-state index contributed by atoms with van der Waals surface area (Å²) in [7, 11) is 0. The number of nitrogens with zero attached hydrogens (tertiary/aromatic N) is 2. The second-order valence-electron chi connectivity index (χ2n) is 4.91. The standard InChI is InChI=1S/C14H22N4O/c1-12(2)9-16-10-13-5-3-8-18(13)11-14(19)17-7-4-6-15/h3,5,8,12,16H,4,7,9-11H2,1-2H3,(H,17,19). The van der Waals surface area contributed by atoms with Crippen LogP contribution < -0.4 is 10.6 Å². The van der Waals surface area contributed by atoms with Crippen LogP contribution in [0, 0.1) is 17.2 Å². The van der Waals surface area contributed by atoms with Crippen LogP contribution in [0.25, 0.3) is 0 Å². The van der Waals surface area contributed by atoms with Crippen molar-refractivity contribution in [3.8, 4) is 6.07 Å². The van der Waals surface area contributed by atoms with Crippen LogP contribution in [-0.4, -0.2) is 23.6 Å². The van der Waals surface area contributed by atoms with Gasteiger partial charge < -0.3 is 15.2 Å². The molecule has 0 aliphatic rings. The van der Waals surface area contributed by atoms with Crippen LogP contribution in [0.4, 0.5) is 0 Å². The summed E-state index contributed by atoms with van der Waals surface area (Å²) in [6.45, 7) is 6.76. The maximum absolute atomic E-state index is 11.7. The zero-order valence-corrected chi connectivity index (χ0v) is 11.6. The van der Waals surface area contributed by atoms with Crippen LogP contribution in [0.2, 0.25) is 0 Å². The van der Waals surface area contributed by atoms with E-state index in [9.17, 15) is 4.79 Å². The van der Waals surface area contributed by atoms with Crippen molar-refractivity contribution in [1.82, 2.24) is 15.2 Å². The summed E-state index contributed by atoms with van der Waals surface area (Å²) in [5.74, 6) is 0.550. The van der Waals surface area contributed by atoms with Crippen LogP contribution in [0.5, 0.6) is 0 Å². The summed E-state index contributed by atoms with van der Waals surface area (Å²) >= 11 is 0. The first-order valence-corrected chi connectivity index (χ1v) is 6.62. The predicted molar refractivity (Wildman–Crippen MR) is 74.2 cm³/mol. The Kier molecular flexibility index (Phi) is 6.69. The highest BCUT2D eigenvalue weighted by Gasteiger charge is 2.06. The van der Waals surface area contributed by atoms with Crippen LogP contribution >= 0.6 is 0 Å². The number of hydrogen-bond donors (Lipinski definition) is 2. The van der Waals surface area contributed by atoms with E-state index in [1.165, 1.54) is 0 Å². The molecule has 0 saturated carbocycles. The van der Waals surface area contributed by atoms with E-state index in [4.69, 9.17) is 5.26 Å². The third-order valence-electron chi connectivity index (χ3n) is 2.66. The number of carbonyl (C=O) groups excluding carboxylic acids is 1. The maximum Gasteiger partial charge on any atom is 0.239 e. The molecule has 1 heterocycles. The summed E-state index contributed by atoms with van der Waals surface area (Å²) in [5.41, 5.74) is 1.09. The summed E-state index contributed by atoms with van der Waals surface area (Å²) < 4.78 is 1.93. The first-order chi connectivity index (χ1) is 9.13. The van der Waals surface area contributed by atoms with Crippen LogP contribution in [-0.2, 0) is 17.9 Å². The molecule has 104 valence electrons. The fraction of sp³-hybridized carbons (Fsp3) is 0.571. The highest BCUT2D eigenvalue weighted by Crippen LogP contribution is 2.02. The van der Waals surface area contributed by atoms with E-state index in [2.05, 4.69) is 24.5 Å². The molecule has 0 aromatic carbocycles. The fourth-order valence-corrected chi connectivity index (χ4v) is 1.72. The minimum atomic E-state index is -0.0587. The molecule has 5 heteroatoms. The maximum atomic E-state index is 11.7. The van der Waals surface area contributed by atoms with Gasteiger partial charge in [0, 0.05) is 25.0 Å². The normalized spacial score (nSPS) is 10.4. The summed E-state index contributed by atoms with van der Waals surface area (Å²) in [6.07, 6.45) is 2.25. The van der Waals surface area contributed by atoms with Crippen molar-refractivity contribution in [2.24, 2.45) is 5.92 Å². The number of nitrogens with one attached hydrogen (secondary N) is 2. The van der Waals surface area contributed by atoms with E-state index < -0.39 is 0 Å². The molecule has 0 aliphatic heterocycles. The number of carbonyl (C=O) groups is 1. The lowest BCUT2D eigenvalue weighted by molar-refractivity contribution is -0.121. The Balaban J connectivity index is 2.39. The van der Waals surface area contributed by atoms with Crippen molar-refractivity contribution in [3.63, 3.8) is 0 Å². The van der Waals surface area contributed by atoms with Crippen molar-refractivity contribution < 1.29 is 4.79 Å². The van der Waals surface area contributed by atoms with Crippen molar-refractivity contribution in [3.05, 3.63) is 24.0 Å². The summed E-state index contributed by atoms with van der Waals surface area (Å²) in [4.78, 5) is 11.7. The Bertz CT molecular complexity index is 431. The van der Waals surface area contributed by atoms with Gasteiger partial charge in [-0.25, -0.2) is 0 Å². The van der Waals surface area contributed by atoms with Gasteiger partial charge in [-0.2, -0.15) is 5.26 Å². The topological polar surface area (TPSA) is 69.8 Å². The minimum Gasteiger partial charge on any atom is -0.354 e. The van der Waals surface area contributed by atoms with E-state index in [0.717, 1.165) is 18.8 Å². The largest absolute Gasteiger partial charge is 0.354 e. The van der Waals surface area contributed by atoms with Crippen molar-refractivity contribution >= 4 is 5.91 Å². The van der Waals surface area contributed by atoms with Gasteiger partial charge in [-0.3, -0.25) is 4.79 Å². The van der Waals surface area contributed by atoms with Gasteiger partial charge in [0.2, 0.25) is 5.91 Å². The first-order valence-electron chi connectivity index (χ1n) is 6.62. The molecule has 19 heavy (non-hydrogen) atoms. The Morgan fingerprint density at radius 2 is 2.32 bits per heavy atom. The number of amides is 1. The van der Waals surface area contributed by atoms with Crippen LogP contribution in [0.1, 0.15) is 26.0 Å². The van der Waals surface area contributed by atoms with Gasteiger partial charge in [0.1, 0.15) is 6.54 Å². The molecule has 2 N–H and O–H groups in total. The van der Waals surface area contributed by atoms with E-state index in [1.54, 1.807) is 0 Å². The summed E-state index contributed by atoms with van der Waals surface area (Å²) in [5, 5.41) is 14.5. The first kappa shape index (κ1) is 15.3. The molecule has 0 fully saturated rings. The van der Waals surface area contributed by atoms with Gasteiger partial charge in [-0.05, 0) is 24.6 Å². The lowest BCUT2D eigenvalue weighted by atomic mass is 10.2. The summed E-state index contributed by atoms with van der Waals surface area (Å²) in [6, 6.07) is 5.95. The highest BCUT2D eigenvalue weighted by molar-refractivity contribution is 5.75. The van der Waals surface area contributed by atoms with Crippen LogP contribution in [0.15, 0.2) is 18.3 Å². The molecule has 0 bridgehead atoms. The van der Waals surface area contributed by atoms with Crippen molar-refractivity contribution in [2.45, 2.75) is 33.4 Å². The monoisotopic (exact) mass is 262 g/mol. The molecule has 0 aliphatic carbocycles. The van der Waals surface area contributed by atoms with Gasteiger partial charge in [-0.15, -0.1) is 0 Å². The zero-order chi connectivity index (χ0) is 14.1. The number of nitriles is 1. The zero-order valence-electron chi connectivity index (χ0n) is 11.6. The fourth-order valence-electron chi connectivity index (χ4n) is 1.72. The predicted octanol–water partition coefficient (Wildman–Crippen LogP) is 1.26. The molecule has 0 unspecified atom stereocenters. The quantitative estimate of drug-likeness (QED) is 0.693. The van der Waals surface area contributed by atoms with Gasteiger partial charge in [0.05, 0.1) is 12.5 Å². The molecule has 0 atom stereocenters. The smallest absolute Gasteiger partial charge is 0.239 e. The molecule has 1 amide bonds. The Morgan fingerprint density at radius 1 is 1.53 bits per heavy atom. The molecule has 0 radical (unpaired) electrons. The van der Waals surface area contributed by atoms with Gasteiger partial charge in [-0.1, -0.05) is 13.8 Å². The van der Waals surface area contributed by atoms with E-state index in [-0.39, 0.29) is 5.91 Å². The molecular formula is C14H22N4O. The Morgan fingerprint density at radius 3 is 3.00 bits per heavy atom. The van der Waals surface area contributed by atoms with E-state index in [0.29, 0.717) is 25.4 Å². The highest BCUT2D eigenvalue weighted by atomic mass is 16.1. The lowest BCUT2D eigenvalue weighted by Crippen LogP contribution is -2.29. The average Bonchev–Trinajstić information content (AvgIpc) is 2.76. The number of rotatable bonds is 8. The third-order valence-corrected chi connectivity index (χ3v) is 2.66. The second-order valence-corrected chi connectivity index (χ2v) is 4.91. The number of aromatic nitrogens is 1. The molecule has 5 nitrogen and oxygen atoms in total. The molecule has 1 aromatic rings. The van der Waals surface area contributed by atoms with E-state index >= 15 is 0 Å². The second kappa shape index (κ2) is 8.33. The number of hydrogen-bond acceptors (Lipinski definition) is 3. The molecule has 0 saturated heterocycles. The molecule has 1 aromatic heterocycles. The lowest BCUT2D eigenvalue weighted by Gasteiger charge is -2.11. The molecule has 1 rings (SSSR count). The Labute approximate surface area is 114 Å².